The summed E-state index contributed by atoms with van der Waals surface area (Å²) in [6.07, 6.45) is 0. The normalized spacial score (nSPS) is 10.6. The van der Waals surface area contributed by atoms with Gasteiger partial charge in [-0.15, -0.1) is 5.10 Å². The van der Waals surface area contributed by atoms with Gasteiger partial charge in [0.15, 0.2) is 5.82 Å². The SMILES string of the molecule is COc1ccc(OC)c(NC(=O)c2nc(-c3ccc(Cl)cc3)n(-c3ccc(C)cc3)n2)c1. The first-order valence-corrected chi connectivity index (χ1v) is 10.2. The molecule has 0 saturated heterocycles. The quantitative estimate of drug-likeness (QED) is 0.440. The van der Waals surface area contributed by atoms with E-state index in [1.807, 2.05) is 43.3 Å². The number of carbonyl (C=O) groups is 1. The summed E-state index contributed by atoms with van der Waals surface area (Å²) in [5.41, 5.74) is 3.13. The van der Waals surface area contributed by atoms with Gasteiger partial charge in [0.25, 0.3) is 5.91 Å². The molecule has 0 aliphatic carbocycles. The van der Waals surface area contributed by atoms with Crippen LogP contribution in [0.3, 0.4) is 0 Å². The highest BCUT2D eigenvalue weighted by Gasteiger charge is 2.20. The zero-order valence-corrected chi connectivity index (χ0v) is 18.6. The standard InChI is InChI=1S/C24H21ClN4O3/c1-15-4-10-18(11-5-15)29-23(16-6-8-17(25)9-7-16)27-22(28-29)24(30)26-20-14-19(31-2)12-13-21(20)32-3/h4-14H,1-3H3,(H,26,30). The van der Waals surface area contributed by atoms with E-state index in [9.17, 15) is 4.79 Å². The molecule has 3 aromatic carbocycles. The molecule has 0 saturated carbocycles. The number of methoxy groups -OCH3 is 2. The van der Waals surface area contributed by atoms with Crippen LogP contribution in [0.2, 0.25) is 5.02 Å². The number of aromatic nitrogens is 3. The summed E-state index contributed by atoms with van der Waals surface area (Å²) in [5.74, 6) is 1.14. The molecule has 32 heavy (non-hydrogen) atoms. The molecular formula is C24H21ClN4O3. The van der Waals surface area contributed by atoms with Crippen molar-refractivity contribution in [2.75, 3.05) is 19.5 Å². The molecule has 8 heteroatoms. The van der Waals surface area contributed by atoms with Crippen LogP contribution in [0.5, 0.6) is 11.5 Å². The molecule has 1 N–H and O–H groups in total. The zero-order chi connectivity index (χ0) is 22.7. The molecular weight excluding hydrogens is 428 g/mol. The second-order valence-electron chi connectivity index (χ2n) is 7.03. The van der Waals surface area contributed by atoms with Crippen LogP contribution in [-0.4, -0.2) is 34.9 Å². The maximum atomic E-state index is 13.1. The Balaban J connectivity index is 1.75. The number of rotatable bonds is 6. The Morgan fingerprint density at radius 1 is 0.969 bits per heavy atom. The third kappa shape index (κ3) is 4.43. The molecule has 1 heterocycles. The van der Waals surface area contributed by atoms with Crippen molar-refractivity contribution in [3.63, 3.8) is 0 Å². The predicted octanol–water partition coefficient (Wildman–Crippen LogP) is 5.17. The van der Waals surface area contributed by atoms with Crippen LogP contribution >= 0.6 is 11.6 Å². The highest BCUT2D eigenvalue weighted by Crippen LogP contribution is 2.29. The fraction of sp³-hybridized carbons (Fsp3) is 0.125. The van der Waals surface area contributed by atoms with E-state index in [-0.39, 0.29) is 5.82 Å². The molecule has 0 fully saturated rings. The summed E-state index contributed by atoms with van der Waals surface area (Å²) in [6, 6.07) is 20.2. The minimum atomic E-state index is -0.474. The van der Waals surface area contributed by atoms with E-state index in [4.69, 9.17) is 21.1 Å². The lowest BCUT2D eigenvalue weighted by Crippen LogP contribution is -2.15. The molecule has 4 rings (SSSR count). The van der Waals surface area contributed by atoms with Crippen LogP contribution in [-0.2, 0) is 0 Å². The van der Waals surface area contributed by atoms with E-state index in [0.717, 1.165) is 16.8 Å². The lowest BCUT2D eigenvalue weighted by Gasteiger charge is -2.10. The number of aryl methyl sites for hydroxylation is 1. The highest BCUT2D eigenvalue weighted by atomic mass is 35.5. The monoisotopic (exact) mass is 448 g/mol. The lowest BCUT2D eigenvalue weighted by molar-refractivity contribution is 0.101. The van der Waals surface area contributed by atoms with Crippen molar-refractivity contribution < 1.29 is 14.3 Å². The van der Waals surface area contributed by atoms with Crippen LogP contribution in [0.4, 0.5) is 5.69 Å². The van der Waals surface area contributed by atoms with Gasteiger partial charge < -0.3 is 14.8 Å². The van der Waals surface area contributed by atoms with Gasteiger partial charge in [-0.2, -0.15) is 0 Å². The van der Waals surface area contributed by atoms with E-state index < -0.39 is 5.91 Å². The van der Waals surface area contributed by atoms with Crippen LogP contribution in [0, 0.1) is 6.92 Å². The molecule has 0 unspecified atom stereocenters. The van der Waals surface area contributed by atoms with Crippen LogP contribution in [0.25, 0.3) is 17.1 Å². The van der Waals surface area contributed by atoms with Gasteiger partial charge in [0.1, 0.15) is 11.5 Å². The topological polar surface area (TPSA) is 78.3 Å². The summed E-state index contributed by atoms with van der Waals surface area (Å²) in [7, 11) is 3.08. The Hall–Kier alpha value is -3.84. The minimum Gasteiger partial charge on any atom is -0.497 e. The summed E-state index contributed by atoms with van der Waals surface area (Å²) in [6.45, 7) is 2.01. The van der Waals surface area contributed by atoms with E-state index >= 15 is 0 Å². The summed E-state index contributed by atoms with van der Waals surface area (Å²) in [4.78, 5) is 17.6. The first-order chi connectivity index (χ1) is 15.5. The second kappa shape index (κ2) is 9.11. The van der Waals surface area contributed by atoms with Crippen molar-refractivity contribution in [2.45, 2.75) is 6.92 Å². The fourth-order valence-electron chi connectivity index (χ4n) is 3.15. The summed E-state index contributed by atoms with van der Waals surface area (Å²) >= 11 is 6.04. The third-order valence-electron chi connectivity index (χ3n) is 4.85. The van der Waals surface area contributed by atoms with Gasteiger partial charge in [-0.1, -0.05) is 29.3 Å². The minimum absolute atomic E-state index is 0.0143. The average molecular weight is 449 g/mol. The molecule has 0 aliphatic rings. The number of halogens is 1. The van der Waals surface area contributed by atoms with Gasteiger partial charge in [-0.3, -0.25) is 4.79 Å². The second-order valence-corrected chi connectivity index (χ2v) is 7.47. The van der Waals surface area contributed by atoms with Crippen LogP contribution in [0.15, 0.2) is 66.7 Å². The molecule has 0 atom stereocenters. The van der Waals surface area contributed by atoms with Gasteiger partial charge in [0.05, 0.1) is 25.6 Å². The Kier molecular flexibility index (Phi) is 6.09. The molecule has 0 radical (unpaired) electrons. The van der Waals surface area contributed by atoms with Gasteiger partial charge in [0.2, 0.25) is 5.82 Å². The van der Waals surface area contributed by atoms with Gasteiger partial charge in [-0.05, 0) is 55.5 Å². The van der Waals surface area contributed by atoms with Crippen molar-refractivity contribution in [1.82, 2.24) is 14.8 Å². The molecule has 0 spiro atoms. The van der Waals surface area contributed by atoms with E-state index in [2.05, 4.69) is 15.4 Å². The van der Waals surface area contributed by atoms with Crippen molar-refractivity contribution in [2.24, 2.45) is 0 Å². The first-order valence-electron chi connectivity index (χ1n) is 9.82. The lowest BCUT2D eigenvalue weighted by atomic mass is 10.2. The zero-order valence-electron chi connectivity index (χ0n) is 17.8. The van der Waals surface area contributed by atoms with Crippen LogP contribution < -0.4 is 14.8 Å². The van der Waals surface area contributed by atoms with Crippen molar-refractivity contribution in [1.29, 1.82) is 0 Å². The Morgan fingerprint density at radius 2 is 1.69 bits per heavy atom. The Morgan fingerprint density at radius 3 is 2.34 bits per heavy atom. The van der Waals surface area contributed by atoms with Gasteiger partial charge in [0, 0.05) is 16.7 Å². The third-order valence-corrected chi connectivity index (χ3v) is 5.10. The molecule has 4 aromatic rings. The van der Waals surface area contributed by atoms with Crippen molar-refractivity contribution in [3.05, 3.63) is 83.1 Å². The number of hydrogen-bond acceptors (Lipinski definition) is 5. The number of hydrogen-bond donors (Lipinski definition) is 1. The number of nitrogens with zero attached hydrogens (tertiary/aromatic N) is 3. The Bertz CT molecular complexity index is 1190. The first kappa shape index (κ1) is 21.4. The summed E-state index contributed by atoms with van der Waals surface area (Å²) < 4.78 is 12.2. The highest BCUT2D eigenvalue weighted by molar-refractivity contribution is 6.30. The largest absolute Gasteiger partial charge is 0.497 e. The molecule has 1 aromatic heterocycles. The van der Waals surface area contributed by atoms with Gasteiger partial charge in [-0.25, -0.2) is 9.67 Å². The molecule has 7 nitrogen and oxygen atoms in total. The maximum absolute atomic E-state index is 13.1. The van der Waals surface area contributed by atoms with Crippen molar-refractivity contribution >= 4 is 23.2 Å². The molecule has 162 valence electrons. The van der Waals surface area contributed by atoms with E-state index in [0.29, 0.717) is 28.0 Å². The maximum Gasteiger partial charge on any atom is 0.295 e. The molecule has 0 bridgehead atoms. The number of ether oxygens (including phenoxy) is 2. The molecule has 0 aliphatic heterocycles. The number of nitrogens with one attached hydrogen (secondary N) is 1. The van der Waals surface area contributed by atoms with E-state index in [1.54, 1.807) is 42.1 Å². The van der Waals surface area contributed by atoms with E-state index in [1.165, 1.54) is 7.11 Å². The number of anilines is 1. The number of carbonyl (C=O) groups excluding carboxylic acids is 1. The fourth-order valence-corrected chi connectivity index (χ4v) is 3.28. The number of amides is 1. The predicted molar refractivity (Wildman–Crippen MR) is 124 cm³/mol. The average Bonchev–Trinajstić information content (AvgIpc) is 3.25. The molecule has 1 amide bonds. The Labute approximate surface area is 190 Å². The van der Waals surface area contributed by atoms with Crippen molar-refractivity contribution in [3.8, 4) is 28.6 Å². The van der Waals surface area contributed by atoms with Gasteiger partial charge >= 0.3 is 0 Å². The number of benzene rings is 3. The van der Waals surface area contributed by atoms with Crippen LogP contribution in [0.1, 0.15) is 16.2 Å². The smallest absolute Gasteiger partial charge is 0.295 e. The summed E-state index contributed by atoms with van der Waals surface area (Å²) in [5, 5.41) is 7.91.